The highest BCUT2D eigenvalue weighted by atomic mass is 16.2. The van der Waals surface area contributed by atoms with Gasteiger partial charge in [0.25, 0.3) is 0 Å². The molecule has 0 bridgehead atoms. The lowest BCUT2D eigenvalue weighted by molar-refractivity contribution is -0.144. The van der Waals surface area contributed by atoms with Crippen LogP contribution >= 0.6 is 0 Å². The molecule has 1 unspecified atom stereocenters. The molecule has 0 aliphatic carbocycles. The van der Waals surface area contributed by atoms with E-state index >= 15 is 0 Å². The molecule has 4 heteroatoms. The lowest BCUT2D eigenvalue weighted by atomic mass is 9.81. The van der Waals surface area contributed by atoms with Gasteiger partial charge in [-0.25, -0.2) is 0 Å². The maximum absolute atomic E-state index is 12.7. The summed E-state index contributed by atoms with van der Waals surface area (Å²) in [5, 5.41) is 3.37. The minimum Gasteiger partial charge on any atom is -0.340 e. The molecule has 2 aliphatic heterocycles. The number of nitrogens with zero attached hydrogens (tertiary/aromatic N) is 2. The van der Waals surface area contributed by atoms with Crippen molar-refractivity contribution in [2.75, 3.05) is 39.3 Å². The van der Waals surface area contributed by atoms with Crippen molar-refractivity contribution in [1.29, 1.82) is 0 Å². The Morgan fingerprint density at radius 1 is 1.16 bits per heavy atom. The third kappa shape index (κ3) is 3.29. The largest absolute Gasteiger partial charge is 0.340 e. The summed E-state index contributed by atoms with van der Waals surface area (Å²) in [6, 6.07) is 0. The normalized spacial score (nSPS) is 30.4. The molecule has 2 heterocycles. The van der Waals surface area contributed by atoms with Crippen molar-refractivity contribution in [1.82, 2.24) is 15.1 Å². The number of piperazine rings is 1. The van der Waals surface area contributed by atoms with E-state index in [2.05, 4.69) is 42.8 Å². The van der Waals surface area contributed by atoms with Crippen molar-refractivity contribution in [3.8, 4) is 0 Å². The summed E-state index contributed by atoms with van der Waals surface area (Å²) in [5.41, 5.74) is 0.0353. The first-order chi connectivity index (χ1) is 8.83. The fraction of sp³-hybridized carbons (Fsp3) is 0.933. The van der Waals surface area contributed by atoms with Crippen molar-refractivity contribution < 1.29 is 4.79 Å². The van der Waals surface area contributed by atoms with Gasteiger partial charge < -0.3 is 10.2 Å². The van der Waals surface area contributed by atoms with Crippen molar-refractivity contribution in [3.05, 3.63) is 0 Å². The predicted molar refractivity (Wildman–Crippen MR) is 78.1 cm³/mol. The topological polar surface area (TPSA) is 35.6 Å². The molecule has 1 N–H and O–H groups in total. The highest BCUT2D eigenvalue weighted by Crippen LogP contribution is 2.29. The first-order valence-corrected chi connectivity index (χ1v) is 7.58. The van der Waals surface area contributed by atoms with E-state index in [4.69, 9.17) is 0 Å². The van der Waals surface area contributed by atoms with Gasteiger partial charge in [-0.05, 0) is 47.1 Å². The van der Waals surface area contributed by atoms with Crippen LogP contribution in [0.4, 0.5) is 0 Å². The molecule has 0 spiro atoms. The molecular formula is C15H29N3O. The monoisotopic (exact) mass is 267 g/mol. The van der Waals surface area contributed by atoms with Crippen LogP contribution in [0.25, 0.3) is 0 Å². The minimum atomic E-state index is -0.178. The number of piperidine rings is 1. The van der Waals surface area contributed by atoms with Crippen LogP contribution in [-0.2, 0) is 4.79 Å². The standard InChI is InChI=1S/C15H29N3O/c1-14(2,3)18-10-8-17(9-11-18)13(19)15(4)6-5-7-16-12-15/h16H,5-12H2,1-4H3. The predicted octanol–water partition coefficient (Wildman–Crippen LogP) is 1.32. The number of hydrogen-bond donors (Lipinski definition) is 1. The van der Waals surface area contributed by atoms with Gasteiger partial charge in [-0.1, -0.05) is 0 Å². The number of hydrogen-bond acceptors (Lipinski definition) is 3. The molecule has 1 atom stereocenters. The van der Waals surface area contributed by atoms with Crippen molar-refractivity contribution in [3.63, 3.8) is 0 Å². The molecule has 2 aliphatic rings. The molecule has 2 fully saturated rings. The molecule has 0 aromatic rings. The van der Waals surface area contributed by atoms with Crippen LogP contribution in [0.1, 0.15) is 40.5 Å². The van der Waals surface area contributed by atoms with Crippen LogP contribution in [0.15, 0.2) is 0 Å². The lowest BCUT2D eigenvalue weighted by Gasteiger charge is -2.45. The SMILES string of the molecule is CC1(C(=O)N2CCN(C(C)(C)C)CC2)CCCNC1. The van der Waals surface area contributed by atoms with Crippen molar-refractivity contribution in [2.24, 2.45) is 5.41 Å². The summed E-state index contributed by atoms with van der Waals surface area (Å²) in [5.74, 6) is 0.355. The van der Waals surface area contributed by atoms with Gasteiger partial charge in [-0.3, -0.25) is 9.69 Å². The molecule has 0 saturated carbocycles. The number of carbonyl (C=O) groups is 1. The van der Waals surface area contributed by atoms with Gasteiger partial charge in [0.05, 0.1) is 5.41 Å². The van der Waals surface area contributed by atoms with Gasteiger partial charge in [0.2, 0.25) is 5.91 Å². The fourth-order valence-electron chi connectivity index (χ4n) is 3.20. The summed E-state index contributed by atoms with van der Waals surface area (Å²) < 4.78 is 0. The molecule has 0 aromatic carbocycles. The smallest absolute Gasteiger partial charge is 0.229 e. The zero-order valence-corrected chi connectivity index (χ0v) is 13.0. The van der Waals surface area contributed by atoms with E-state index in [0.717, 1.165) is 52.1 Å². The van der Waals surface area contributed by atoms with Crippen LogP contribution in [0.3, 0.4) is 0 Å². The highest BCUT2D eigenvalue weighted by Gasteiger charge is 2.39. The van der Waals surface area contributed by atoms with Crippen molar-refractivity contribution >= 4 is 5.91 Å². The molecule has 2 saturated heterocycles. The van der Waals surface area contributed by atoms with Gasteiger partial charge in [0.15, 0.2) is 0 Å². The molecule has 0 aromatic heterocycles. The van der Waals surface area contributed by atoms with Crippen LogP contribution in [0.5, 0.6) is 0 Å². The molecule has 2 rings (SSSR count). The van der Waals surface area contributed by atoms with Crippen LogP contribution in [0.2, 0.25) is 0 Å². The zero-order valence-electron chi connectivity index (χ0n) is 13.0. The van der Waals surface area contributed by atoms with E-state index in [-0.39, 0.29) is 11.0 Å². The van der Waals surface area contributed by atoms with E-state index in [9.17, 15) is 4.79 Å². The minimum absolute atomic E-state index is 0.178. The quantitative estimate of drug-likeness (QED) is 0.778. The average Bonchev–Trinajstić information content (AvgIpc) is 2.38. The first-order valence-electron chi connectivity index (χ1n) is 7.58. The van der Waals surface area contributed by atoms with E-state index in [0.29, 0.717) is 5.91 Å². The molecule has 1 amide bonds. The molecule has 4 nitrogen and oxygen atoms in total. The van der Waals surface area contributed by atoms with E-state index in [1.54, 1.807) is 0 Å². The highest BCUT2D eigenvalue weighted by molar-refractivity contribution is 5.82. The summed E-state index contributed by atoms with van der Waals surface area (Å²) in [6.07, 6.45) is 2.14. The summed E-state index contributed by atoms with van der Waals surface area (Å²) >= 11 is 0. The van der Waals surface area contributed by atoms with Gasteiger partial charge in [0, 0.05) is 38.3 Å². The van der Waals surface area contributed by atoms with Gasteiger partial charge >= 0.3 is 0 Å². The second-order valence-corrected chi connectivity index (χ2v) is 7.29. The van der Waals surface area contributed by atoms with Crippen molar-refractivity contribution in [2.45, 2.75) is 46.1 Å². The van der Waals surface area contributed by atoms with Crippen LogP contribution in [-0.4, -0.2) is 60.5 Å². The second-order valence-electron chi connectivity index (χ2n) is 7.29. The number of amides is 1. The third-order valence-corrected chi connectivity index (χ3v) is 4.63. The number of nitrogens with one attached hydrogen (secondary N) is 1. The number of rotatable bonds is 1. The Bertz CT molecular complexity index is 321. The first kappa shape index (κ1) is 14.8. The number of carbonyl (C=O) groups excluding carboxylic acids is 1. The van der Waals surface area contributed by atoms with Gasteiger partial charge in [-0.15, -0.1) is 0 Å². The van der Waals surface area contributed by atoms with E-state index < -0.39 is 0 Å². The Morgan fingerprint density at radius 3 is 2.26 bits per heavy atom. The molecule has 0 radical (unpaired) electrons. The van der Waals surface area contributed by atoms with Crippen LogP contribution < -0.4 is 5.32 Å². The lowest BCUT2D eigenvalue weighted by Crippen LogP contribution is -2.58. The Morgan fingerprint density at radius 2 is 1.79 bits per heavy atom. The fourth-order valence-corrected chi connectivity index (χ4v) is 3.20. The molecule has 110 valence electrons. The van der Waals surface area contributed by atoms with E-state index in [1.165, 1.54) is 0 Å². The maximum Gasteiger partial charge on any atom is 0.229 e. The Labute approximate surface area is 117 Å². The molecular weight excluding hydrogens is 238 g/mol. The average molecular weight is 267 g/mol. The Hall–Kier alpha value is -0.610. The third-order valence-electron chi connectivity index (χ3n) is 4.63. The summed E-state index contributed by atoms with van der Waals surface area (Å²) in [6.45, 7) is 14.5. The second kappa shape index (κ2) is 5.41. The van der Waals surface area contributed by atoms with E-state index in [1.807, 2.05) is 0 Å². The summed E-state index contributed by atoms with van der Waals surface area (Å²) in [4.78, 5) is 17.2. The Balaban J connectivity index is 1.92. The van der Waals surface area contributed by atoms with Gasteiger partial charge in [0.1, 0.15) is 0 Å². The maximum atomic E-state index is 12.7. The van der Waals surface area contributed by atoms with Gasteiger partial charge in [-0.2, -0.15) is 0 Å². The molecule has 19 heavy (non-hydrogen) atoms. The Kier molecular flexibility index (Phi) is 4.21. The zero-order chi connectivity index (χ0) is 14.1. The summed E-state index contributed by atoms with van der Waals surface area (Å²) in [7, 11) is 0. The van der Waals surface area contributed by atoms with Crippen LogP contribution in [0, 0.1) is 5.41 Å².